The molecule has 0 aliphatic carbocycles. The maximum absolute atomic E-state index is 9.91. The number of nitrogens with one attached hydrogen (secondary N) is 1. The molecule has 0 aliphatic rings. The van der Waals surface area contributed by atoms with E-state index in [0.717, 1.165) is 27.9 Å². The average molecular weight is 280 g/mol. The van der Waals surface area contributed by atoms with Crippen LogP contribution in [0, 0.1) is 0 Å². The topological polar surface area (TPSA) is 54.4 Å². The van der Waals surface area contributed by atoms with E-state index in [4.69, 9.17) is 4.74 Å². The number of rotatable bonds is 4. The zero-order chi connectivity index (χ0) is 14.7. The Morgan fingerprint density at radius 1 is 1.14 bits per heavy atom. The Morgan fingerprint density at radius 2 is 2.05 bits per heavy atom. The minimum absolute atomic E-state index is 0.252. The van der Waals surface area contributed by atoms with Gasteiger partial charge in [-0.25, -0.2) is 0 Å². The van der Waals surface area contributed by atoms with Gasteiger partial charge in [0.2, 0.25) is 0 Å². The monoisotopic (exact) mass is 280 g/mol. The van der Waals surface area contributed by atoms with Crippen LogP contribution in [0.5, 0.6) is 11.5 Å². The fourth-order valence-corrected chi connectivity index (χ4v) is 2.28. The summed E-state index contributed by atoms with van der Waals surface area (Å²) in [6.07, 6.45) is 1.78. The molecule has 4 heteroatoms. The zero-order valence-electron chi connectivity index (χ0n) is 11.7. The zero-order valence-corrected chi connectivity index (χ0v) is 11.7. The number of methoxy groups -OCH3 is 1. The molecule has 0 unspecified atom stereocenters. The lowest BCUT2D eigenvalue weighted by Gasteiger charge is -2.11. The number of phenolic OH excluding ortho intramolecular Hbond substituents is 1. The molecule has 0 bridgehead atoms. The molecular weight excluding hydrogens is 264 g/mol. The molecule has 0 fully saturated rings. The van der Waals surface area contributed by atoms with Crippen molar-refractivity contribution in [2.24, 2.45) is 0 Å². The Balaban J connectivity index is 1.87. The van der Waals surface area contributed by atoms with E-state index >= 15 is 0 Å². The molecule has 0 atom stereocenters. The van der Waals surface area contributed by atoms with Crippen molar-refractivity contribution in [1.29, 1.82) is 0 Å². The molecule has 0 radical (unpaired) electrons. The normalized spacial score (nSPS) is 10.5. The lowest BCUT2D eigenvalue weighted by atomic mass is 10.1. The first-order valence-electron chi connectivity index (χ1n) is 6.71. The van der Waals surface area contributed by atoms with Crippen molar-refractivity contribution < 1.29 is 9.84 Å². The van der Waals surface area contributed by atoms with Gasteiger partial charge in [0.05, 0.1) is 12.6 Å². The lowest BCUT2D eigenvalue weighted by Crippen LogP contribution is -2.01. The standard InChI is InChI=1S/C17H16N2O2/c1-21-13-7-8-17(20)12(10-13)11-19-16-6-2-5-15-14(16)4-3-9-18-15/h2-10,19-20H,11H2,1H3. The summed E-state index contributed by atoms with van der Waals surface area (Å²) >= 11 is 0. The molecule has 3 rings (SSSR count). The van der Waals surface area contributed by atoms with E-state index < -0.39 is 0 Å². The molecule has 2 N–H and O–H groups in total. The fourth-order valence-electron chi connectivity index (χ4n) is 2.28. The van der Waals surface area contributed by atoms with Gasteiger partial charge in [-0.05, 0) is 42.5 Å². The van der Waals surface area contributed by atoms with E-state index in [1.165, 1.54) is 0 Å². The molecule has 2 aromatic carbocycles. The van der Waals surface area contributed by atoms with Crippen molar-refractivity contribution in [3.8, 4) is 11.5 Å². The highest BCUT2D eigenvalue weighted by Gasteiger charge is 2.05. The van der Waals surface area contributed by atoms with Crippen molar-refractivity contribution in [3.05, 3.63) is 60.3 Å². The van der Waals surface area contributed by atoms with Gasteiger partial charge in [0.15, 0.2) is 0 Å². The smallest absolute Gasteiger partial charge is 0.120 e. The Labute approximate surface area is 123 Å². The van der Waals surface area contributed by atoms with E-state index in [0.29, 0.717) is 6.54 Å². The molecule has 0 aliphatic heterocycles. The van der Waals surface area contributed by atoms with Gasteiger partial charge in [0.1, 0.15) is 11.5 Å². The summed E-state index contributed by atoms with van der Waals surface area (Å²) in [4.78, 5) is 4.33. The highest BCUT2D eigenvalue weighted by molar-refractivity contribution is 5.91. The number of pyridine rings is 1. The molecule has 3 aromatic rings. The number of anilines is 1. The van der Waals surface area contributed by atoms with Crippen LogP contribution in [0.3, 0.4) is 0 Å². The molecule has 21 heavy (non-hydrogen) atoms. The van der Waals surface area contributed by atoms with Crippen LogP contribution >= 0.6 is 0 Å². The minimum Gasteiger partial charge on any atom is -0.508 e. The van der Waals surface area contributed by atoms with Crippen molar-refractivity contribution in [3.63, 3.8) is 0 Å². The van der Waals surface area contributed by atoms with Crippen LogP contribution in [0.1, 0.15) is 5.56 Å². The maximum atomic E-state index is 9.91. The molecule has 0 saturated carbocycles. The van der Waals surface area contributed by atoms with E-state index in [1.54, 1.807) is 25.4 Å². The van der Waals surface area contributed by atoms with E-state index in [1.807, 2.05) is 36.4 Å². The van der Waals surface area contributed by atoms with E-state index in [9.17, 15) is 5.11 Å². The Morgan fingerprint density at radius 3 is 2.90 bits per heavy atom. The third-order valence-electron chi connectivity index (χ3n) is 3.40. The summed E-state index contributed by atoms with van der Waals surface area (Å²) in [5.41, 5.74) is 2.72. The predicted octanol–water partition coefficient (Wildman–Crippen LogP) is 3.56. The minimum atomic E-state index is 0.252. The molecule has 0 amide bonds. The van der Waals surface area contributed by atoms with Gasteiger partial charge in [0, 0.05) is 29.4 Å². The molecule has 0 spiro atoms. The summed E-state index contributed by atoms with van der Waals surface area (Å²) in [6.45, 7) is 0.511. The number of aromatic nitrogens is 1. The Bertz CT molecular complexity index is 766. The van der Waals surface area contributed by atoms with Crippen LogP contribution in [-0.2, 0) is 6.54 Å². The second kappa shape index (κ2) is 5.71. The van der Waals surface area contributed by atoms with E-state index in [-0.39, 0.29) is 5.75 Å². The number of aromatic hydroxyl groups is 1. The number of nitrogens with zero attached hydrogens (tertiary/aromatic N) is 1. The molecular formula is C17H16N2O2. The molecule has 1 heterocycles. The SMILES string of the molecule is COc1ccc(O)c(CNc2cccc3ncccc23)c1. The summed E-state index contributed by atoms with van der Waals surface area (Å²) in [6, 6.07) is 15.1. The van der Waals surface area contributed by atoms with Gasteiger partial charge in [-0.15, -0.1) is 0 Å². The largest absolute Gasteiger partial charge is 0.508 e. The van der Waals surface area contributed by atoms with Crippen LogP contribution in [0.25, 0.3) is 10.9 Å². The maximum Gasteiger partial charge on any atom is 0.120 e. The fraction of sp³-hybridized carbons (Fsp3) is 0.118. The molecule has 4 nitrogen and oxygen atoms in total. The van der Waals surface area contributed by atoms with Crippen LogP contribution in [-0.4, -0.2) is 17.2 Å². The van der Waals surface area contributed by atoms with Gasteiger partial charge >= 0.3 is 0 Å². The summed E-state index contributed by atoms with van der Waals surface area (Å²) < 4.78 is 5.18. The van der Waals surface area contributed by atoms with Crippen LogP contribution in [0.4, 0.5) is 5.69 Å². The van der Waals surface area contributed by atoms with Crippen molar-refractivity contribution in [1.82, 2.24) is 4.98 Å². The van der Waals surface area contributed by atoms with E-state index in [2.05, 4.69) is 10.3 Å². The lowest BCUT2D eigenvalue weighted by molar-refractivity contribution is 0.411. The number of ether oxygens (including phenoxy) is 1. The Kier molecular flexibility index (Phi) is 3.60. The van der Waals surface area contributed by atoms with Crippen LogP contribution < -0.4 is 10.1 Å². The van der Waals surface area contributed by atoms with Crippen molar-refractivity contribution in [2.45, 2.75) is 6.54 Å². The highest BCUT2D eigenvalue weighted by Crippen LogP contribution is 2.26. The quantitative estimate of drug-likeness (QED) is 0.767. The number of hydrogen-bond donors (Lipinski definition) is 2. The summed E-state index contributed by atoms with van der Waals surface area (Å²) in [7, 11) is 1.61. The van der Waals surface area contributed by atoms with Gasteiger partial charge in [-0.1, -0.05) is 6.07 Å². The first kappa shape index (κ1) is 13.2. The van der Waals surface area contributed by atoms with Crippen molar-refractivity contribution in [2.75, 3.05) is 12.4 Å². The number of benzene rings is 2. The molecule has 106 valence electrons. The molecule has 1 aromatic heterocycles. The third-order valence-corrected chi connectivity index (χ3v) is 3.40. The first-order chi connectivity index (χ1) is 10.3. The second-order valence-electron chi connectivity index (χ2n) is 4.72. The van der Waals surface area contributed by atoms with Gasteiger partial charge in [-0.2, -0.15) is 0 Å². The Hall–Kier alpha value is -2.75. The summed E-state index contributed by atoms with van der Waals surface area (Å²) in [5.74, 6) is 0.978. The number of fused-ring (bicyclic) bond motifs is 1. The number of phenols is 1. The third kappa shape index (κ3) is 2.74. The molecule has 0 saturated heterocycles. The second-order valence-corrected chi connectivity index (χ2v) is 4.72. The highest BCUT2D eigenvalue weighted by atomic mass is 16.5. The van der Waals surface area contributed by atoms with Gasteiger partial charge in [0.25, 0.3) is 0 Å². The van der Waals surface area contributed by atoms with Crippen molar-refractivity contribution >= 4 is 16.6 Å². The number of hydrogen-bond acceptors (Lipinski definition) is 4. The predicted molar refractivity (Wildman–Crippen MR) is 83.7 cm³/mol. The van der Waals surface area contributed by atoms with Gasteiger partial charge in [-0.3, -0.25) is 4.98 Å². The summed E-state index contributed by atoms with van der Waals surface area (Å²) in [5, 5.41) is 14.3. The first-order valence-corrected chi connectivity index (χ1v) is 6.71. The van der Waals surface area contributed by atoms with Crippen LogP contribution in [0.2, 0.25) is 0 Å². The average Bonchev–Trinajstić information content (AvgIpc) is 2.54. The van der Waals surface area contributed by atoms with Crippen LogP contribution in [0.15, 0.2) is 54.7 Å². The van der Waals surface area contributed by atoms with Gasteiger partial charge < -0.3 is 15.2 Å².